The van der Waals surface area contributed by atoms with E-state index in [1.54, 1.807) is 0 Å². The van der Waals surface area contributed by atoms with Gasteiger partial charge in [-0.2, -0.15) is 0 Å². The van der Waals surface area contributed by atoms with Gasteiger partial charge in [-0.25, -0.2) is 0 Å². The van der Waals surface area contributed by atoms with Crippen molar-refractivity contribution in [2.75, 3.05) is 6.44 Å². The molecule has 0 aromatic rings. The van der Waals surface area contributed by atoms with Crippen molar-refractivity contribution in [3.8, 4) is 0 Å². The Hall–Kier alpha value is 0.0249. The number of hydrogen-bond donors (Lipinski definition) is 1. The average molecular weight is 85.0 g/mol. The number of nitrogens with two attached hydrogens (primary N) is 1. The van der Waals surface area contributed by atoms with E-state index in [0.29, 0.717) is 0 Å². The summed E-state index contributed by atoms with van der Waals surface area (Å²) in [5.74, 6) is 0. The fourth-order valence-corrected chi connectivity index (χ4v) is 0.394. The van der Waals surface area contributed by atoms with Gasteiger partial charge in [0.15, 0.2) is 0 Å². The van der Waals surface area contributed by atoms with Crippen LogP contribution in [0.3, 0.4) is 0 Å². The second-order valence-electron chi connectivity index (χ2n) is 1.50. The normalized spacial score (nSPS) is 8.33. The van der Waals surface area contributed by atoms with Crippen molar-refractivity contribution in [1.82, 2.24) is 0 Å². The SMILES string of the molecule is CCCBCN. The van der Waals surface area contributed by atoms with E-state index < -0.39 is 0 Å². The predicted molar refractivity (Wildman–Crippen MR) is 31.3 cm³/mol. The minimum absolute atomic E-state index is 0.855. The second kappa shape index (κ2) is 5.02. The Morgan fingerprint density at radius 1 is 1.67 bits per heavy atom. The minimum Gasteiger partial charge on any atom is -0.338 e. The maximum atomic E-state index is 5.21. The van der Waals surface area contributed by atoms with Gasteiger partial charge in [0.05, 0.1) is 0 Å². The largest absolute Gasteiger partial charge is 0.338 e. The summed E-state index contributed by atoms with van der Waals surface area (Å²) in [7, 11) is 1.19. The van der Waals surface area contributed by atoms with E-state index in [1.165, 1.54) is 20.0 Å². The molecule has 1 nitrogen and oxygen atoms in total. The number of rotatable bonds is 3. The molecule has 0 saturated heterocycles. The minimum atomic E-state index is 0.855. The third-order valence-electron chi connectivity index (χ3n) is 0.808. The van der Waals surface area contributed by atoms with Crippen LogP contribution in [0.2, 0.25) is 6.32 Å². The predicted octanol–water partition coefficient (Wildman–Crippen LogP) is 0.167. The van der Waals surface area contributed by atoms with E-state index in [9.17, 15) is 0 Å². The van der Waals surface area contributed by atoms with Crippen molar-refractivity contribution in [1.29, 1.82) is 0 Å². The summed E-state index contributed by atoms with van der Waals surface area (Å²) in [5.41, 5.74) is 5.21. The van der Waals surface area contributed by atoms with Crippen molar-refractivity contribution in [2.24, 2.45) is 5.73 Å². The van der Waals surface area contributed by atoms with E-state index in [-0.39, 0.29) is 0 Å². The Morgan fingerprint density at radius 2 is 2.33 bits per heavy atom. The lowest BCUT2D eigenvalue weighted by atomic mass is 9.74. The molecule has 0 aromatic carbocycles. The van der Waals surface area contributed by atoms with Crippen LogP contribution in [0.15, 0.2) is 0 Å². The lowest BCUT2D eigenvalue weighted by Gasteiger charge is -1.83. The molecule has 6 heavy (non-hydrogen) atoms. The molecule has 0 spiro atoms. The maximum absolute atomic E-state index is 5.21. The molecule has 0 unspecified atom stereocenters. The molecule has 0 radical (unpaired) electrons. The molecule has 0 atom stereocenters. The molecule has 0 amide bonds. The van der Waals surface area contributed by atoms with Crippen molar-refractivity contribution in [3.05, 3.63) is 0 Å². The first-order valence-corrected chi connectivity index (χ1v) is 2.62. The molecule has 0 bridgehead atoms. The van der Waals surface area contributed by atoms with Crippen molar-refractivity contribution in [2.45, 2.75) is 19.7 Å². The Bertz CT molecular complexity index is 19.5. The van der Waals surface area contributed by atoms with Gasteiger partial charge < -0.3 is 5.73 Å². The summed E-state index contributed by atoms with van der Waals surface area (Å²) >= 11 is 0. The molecule has 36 valence electrons. The zero-order valence-corrected chi connectivity index (χ0v) is 4.41. The van der Waals surface area contributed by atoms with Crippen LogP contribution in [0.4, 0.5) is 0 Å². The van der Waals surface area contributed by atoms with Crippen LogP contribution in [-0.4, -0.2) is 13.7 Å². The summed E-state index contributed by atoms with van der Waals surface area (Å²) in [6, 6.07) is 0. The highest BCUT2D eigenvalue weighted by atomic mass is 14.5. The third-order valence-corrected chi connectivity index (χ3v) is 0.808. The monoisotopic (exact) mass is 85.1 g/mol. The number of hydrogen-bond acceptors (Lipinski definition) is 1. The Labute approximate surface area is 40.2 Å². The van der Waals surface area contributed by atoms with Gasteiger partial charge in [-0.3, -0.25) is 0 Å². The highest BCUT2D eigenvalue weighted by molar-refractivity contribution is 6.35. The van der Waals surface area contributed by atoms with Gasteiger partial charge in [-0.1, -0.05) is 19.7 Å². The molecule has 0 aliphatic heterocycles. The lowest BCUT2D eigenvalue weighted by molar-refractivity contribution is 1.06. The van der Waals surface area contributed by atoms with Gasteiger partial charge in [0.1, 0.15) is 7.28 Å². The van der Waals surface area contributed by atoms with E-state index in [2.05, 4.69) is 6.92 Å². The summed E-state index contributed by atoms with van der Waals surface area (Å²) in [6.45, 7) is 2.18. The quantitative estimate of drug-likeness (QED) is 0.383. The molecule has 0 aliphatic rings. The molecule has 2 N–H and O–H groups in total. The van der Waals surface area contributed by atoms with Crippen molar-refractivity contribution < 1.29 is 0 Å². The van der Waals surface area contributed by atoms with Gasteiger partial charge in [-0.05, 0) is 6.44 Å². The first-order valence-electron chi connectivity index (χ1n) is 2.62. The summed E-state index contributed by atoms with van der Waals surface area (Å²) < 4.78 is 0. The van der Waals surface area contributed by atoms with Crippen LogP contribution in [0, 0.1) is 0 Å². The Balaban J connectivity index is 2.34. The molecule has 0 heterocycles. The van der Waals surface area contributed by atoms with Gasteiger partial charge in [0.25, 0.3) is 0 Å². The third kappa shape index (κ3) is 4.02. The van der Waals surface area contributed by atoms with Crippen LogP contribution in [0.25, 0.3) is 0 Å². The molecule has 0 fully saturated rings. The van der Waals surface area contributed by atoms with Crippen molar-refractivity contribution >= 4 is 7.28 Å². The van der Waals surface area contributed by atoms with E-state index in [0.717, 1.165) is 6.44 Å². The molecule has 0 saturated carbocycles. The highest BCUT2D eigenvalue weighted by Crippen LogP contribution is 1.80. The van der Waals surface area contributed by atoms with Crippen molar-refractivity contribution in [3.63, 3.8) is 0 Å². The van der Waals surface area contributed by atoms with Gasteiger partial charge in [0, 0.05) is 0 Å². The topological polar surface area (TPSA) is 26.0 Å². The molecule has 0 rings (SSSR count). The second-order valence-corrected chi connectivity index (χ2v) is 1.50. The summed E-state index contributed by atoms with van der Waals surface area (Å²) in [4.78, 5) is 0. The van der Waals surface area contributed by atoms with E-state index in [4.69, 9.17) is 5.73 Å². The maximum Gasteiger partial charge on any atom is 0.137 e. The molecular formula is C4H12BN. The van der Waals surface area contributed by atoms with Gasteiger partial charge in [-0.15, -0.1) is 0 Å². The van der Waals surface area contributed by atoms with Gasteiger partial charge >= 0.3 is 0 Å². The lowest BCUT2D eigenvalue weighted by Crippen LogP contribution is -2.07. The smallest absolute Gasteiger partial charge is 0.137 e. The standard InChI is InChI=1S/C4H12BN/c1-2-3-5-4-6/h5H,2-4,6H2,1H3. The van der Waals surface area contributed by atoms with Crippen LogP contribution in [0.1, 0.15) is 13.3 Å². The zero-order chi connectivity index (χ0) is 4.83. The zero-order valence-electron chi connectivity index (χ0n) is 4.41. The first-order chi connectivity index (χ1) is 2.91. The fourth-order valence-electron chi connectivity index (χ4n) is 0.394. The van der Waals surface area contributed by atoms with Gasteiger partial charge in [0.2, 0.25) is 0 Å². The summed E-state index contributed by atoms with van der Waals surface area (Å²) in [5, 5.41) is 0. The Kier molecular flexibility index (Phi) is 5.05. The molecule has 0 aliphatic carbocycles. The van der Waals surface area contributed by atoms with Crippen LogP contribution < -0.4 is 5.73 Å². The van der Waals surface area contributed by atoms with Crippen LogP contribution in [-0.2, 0) is 0 Å². The highest BCUT2D eigenvalue weighted by Gasteiger charge is 1.79. The molecular weight excluding hydrogens is 72.9 g/mol. The van der Waals surface area contributed by atoms with Crippen LogP contribution in [0.5, 0.6) is 0 Å². The van der Waals surface area contributed by atoms with E-state index in [1.807, 2.05) is 0 Å². The Morgan fingerprint density at radius 3 is 2.50 bits per heavy atom. The van der Waals surface area contributed by atoms with Crippen LogP contribution >= 0.6 is 0 Å². The fraction of sp³-hybridized carbons (Fsp3) is 1.00. The summed E-state index contributed by atoms with van der Waals surface area (Å²) in [6.07, 6.45) is 3.42. The first kappa shape index (κ1) is 6.02. The average Bonchev–Trinajstić information content (AvgIpc) is 1.61. The molecule has 0 aromatic heterocycles. The molecule has 2 heteroatoms. The van der Waals surface area contributed by atoms with E-state index >= 15 is 0 Å².